The second-order valence-electron chi connectivity index (χ2n) is 7.47. The Hall–Kier alpha value is -4.19. The average Bonchev–Trinajstić information content (AvgIpc) is 3.44. The summed E-state index contributed by atoms with van der Waals surface area (Å²) in [6, 6.07) is 21.2. The summed E-state index contributed by atoms with van der Waals surface area (Å²) < 4.78 is 7.36. The number of nitrogens with one attached hydrogen (secondary N) is 1. The fourth-order valence-electron chi connectivity index (χ4n) is 3.52. The molecule has 0 aliphatic carbocycles. The molecule has 3 aromatic heterocycles. The molecule has 0 unspecified atom stereocenters. The van der Waals surface area contributed by atoms with E-state index in [2.05, 4.69) is 10.5 Å². The van der Waals surface area contributed by atoms with E-state index in [4.69, 9.17) is 9.51 Å². The van der Waals surface area contributed by atoms with Crippen molar-refractivity contribution in [2.24, 2.45) is 0 Å². The molecule has 6 nitrogen and oxygen atoms in total. The predicted octanol–water partition coefficient (Wildman–Crippen LogP) is 5.53. The van der Waals surface area contributed by atoms with Crippen molar-refractivity contribution >= 4 is 17.2 Å². The normalized spacial score (nSPS) is 11.0. The highest BCUT2D eigenvalue weighted by atomic mass is 16.5. The summed E-state index contributed by atoms with van der Waals surface area (Å²) in [6.45, 7) is 3.99. The zero-order valence-corrected chi connectivity index (χ0v) is 17.2. The van der Waals surface area contributed by atoms with Gasteiger partial charge in [-0.25, -0.2) is 4.98 Å². The number of rotatable bonds is 4. The van der Waals surface area contributed by atoms with Gasteiger partial charge in [0, 0.05) is 35.3 Å². The van der Waals surface area contributed by atoms with Crippen LogP contribution in [0, 0.1) is 13.8 Å². The highest BCUT2D eigenvalue weighted by molar-refractivity contribution is 6.04. The van der Waals surface area contributed by atoms with Gasteiger partial charge in [-0.05, 0) is 37.1 Å². The summed E-state index contributed by atoms with van der Waals surface area (Å²) in [7, 11) is 0. The molecule has 0 radical (unpaired) electrons. The molecule has 0 aliphatic rings. The number of nitrogens with zero attached hydrogens (tertiary/aromatic N) is 3. The Bertz CT molecular complexity index is 1400. The molecular formula is C25H20N4O2. The summed E-state index contributed by atoms with van der Waals surface area (Å²) in [6.07, 6.45) is 3.97. The number of imidazole rings is 1. The van der Waals surface area contributed by atoms with Gasteiger partial charge in [0.1, 0.15) is 5.65 Å². The van der Waals surface area contributed by atoms with Gasteiger partial charge in [-0.15, -0.1) is 0 Å². The van der Waals surface area contributed by atoms with Gasteiger partial charge in [-0.2, -0.15) is 0 Å². The van der Waals surface area contributed by atoms with Crippen LogP contribution >= 0.6 is 0 Å². The van der Waals surface area contributed by atoms with Crippen molar-refractivity contribution < 1.29 is 9.32 Å². The molecular weight excluding hydrogens is 388 g/mol. The molecule has 2 aromatic carbocycles. The molecule has 0 saturated carbocycles. The van der Waals surface area contributed by atoms with Gasteiger partial charge in [0.2, 0.25) is 0 Å². The molecule has 5 rings (SSSR count). The van der Waals surface area contributed by atoms with Crippen molar-refractivity contribution in [2.45, 2.75) is 13.8 Å². The van der Waals surface area contributed by atoms with Crippen molar-refractivity contribution in [3.8, 4) is 22.6 Å². The van der Waals surface area contributed by atoms with Crippen molar-refractivity contribution in [1.29, 1.82) is 0 Å². The lowest BCUT2D eigenvalue weighted by Crippen LogP contribution is -2.13. The van der Waals surface area contributed by atoms with Gasteiger partial charge < -0.3 is 14.2 Å². The SMILES string of the molecule is Cc1ccc(-c2cn3cccc(C)c3n2)cc1NC(=O)c1cc(-c2ccccc2)on1. The molecule has 6 heteroatoms. The molecule has 1 amide bonds. The maximum Gasteiger partial charge on any atom is 0.277 e. The highest BCUT2D eigenvalue weighted by Gasteiger charge is 2.16. The van der Waals surface area contributed by atoms with E-state index >= 15 is 0 Å². The maximum absolute atomic E-state index is 12.8. The van der Waals surface area contributed by atoms with E-state index in [1.165, 1.54) is 0 Å². The van der Waals surface area contributed by atoms with Crippen LogP contribution in [-0.2, 0) is 0 Å². The minimum atomic E-state index is -0.322. The monoisotopic (exact) mass is 408 g/mol. The van der Waals surface area contributed by atoms with E-state index in [9.17, 15) is 4.79 Å². The number of hydrogen-bond donors (Lipinski definition) is 1. The Kier molecular flexibility index (Phi) is 4.59. The molecule has 152 valence electrons. The first-order chi connectivity index (χ1) is 15.1. The Balaban J connectivity index is 1.42. The van der Waals surface area contributed by atoms with E-state index in [0.717, 1.165) is 33.6 Å². The Morgan fingerprint density at radius 3 is 2.58 bits per heavy atom. The summed E-state index contributed by atoms with van der Waals surface area (Å²) in [5.41, 5.74) is 6.55. The number of hydrogen-bond acceptors (Lipinski definition) is 4. The number of fused-ring (bicyclic) bond motifs is 1. The quantitative estimate of drug-likeness (QED) is 0.425. The topological polar surface area (TPSA) is 72.4 Å². The summed E-state index contributed by atoms with van der Waals surface area (Å²) in [5.74, 6) is 0.230. The zero-order valence-electron chi connectivity index (χ0n) is 17.2. The maximum atomic E-state index is 12.8. The lowest BCUT2D eigenvalue weighted by Gasteiger charge is -2.08. The second kappa shape index (κ2) is 7.57. The molecule has 0 spiro atoms. The van der Waals surface area contributed by atoms with Crippen LogP contribution in [-0.4, -0.2) is 20.4 Å². The predicted molar refractivity (Wildman–Crippen MR) is 120 cm³/mol. The number of anilines is 1. The zero-order chi connectivity index (χ0) is 21.4. The van der Waals surface area contributed by atoms with Crippen LogP contribution in [0.15, 0.2) is 83.6 Å². The van der Waals surface area contributed by atoms with Gasteiger partial charge >= 0.3 is 0 Å². The lowest BCUT2D eigenvalue weighted by molar-refractivity contribution is 0.101. The van der Waals surface area contributed by atoms with Crippen LogP contribution in [0.25, 0.3) is 28.2 Å². The largest absolute Gasteiger partial charge is 0.355 e. The number of carbonyl (C=O) groups excluding carboxylic acids is 1. The fraction of sp³-hybridized carbons (Fsp3) is 0.0800. The molecule has 3 heterocycles. The van der Waals surface area contributed by atoms with Crippen LogP contribution in [0.2, 0.25) is 0 Å². The molecule has 0 atom stereocenters. The summed E-state index contributed by atoms with van der Waals surface area (Å²) >= 11 is 0. The van der Waals surface area contributed by atoms with Gasteiger partial charge in [0.25, 0.3) is 5.91 Å². The van der Waals surface area contributed by atoms with Crippen LogP contribution < -0.4 is 5.32 Å². The van der Waals surface area contributed by atoms with Gasteiger partial charge in [0.05, 0.1) is 5.69 Å². The first kappa shape index (κ1) is 18.8. The molecule has 0 saturated heterocycles. The molecule has 5 aromatic rings. The number of amides is 1. The first-order valence-electron chi connectivity index (χ1n) is 9.97. The fourth-order valence-corrected chi connectivity index (χ4v) is 3.52. The van der Waals surface area contributed by atoms with E-state index in [1.54, 1.807) is 6.07 Å². The van der Waals surface area contributed by atoms with Gasteiger partial charge in [-0.1, -0.05) is 53.7 Å². The van der Waals surface area contributed by atoms with Crippen LogP contribution in [0.4, 0.5) is 5.69 Å². The molecule has 0 bridgehead atoms. The van der Waals surface area contributed by atoms with Gasteiger partial charge in [0.15, 0.2) is 11.5 Å². The van der Waals surface area contributed by atoms with Crippen LogP contribution in [0.1, 0.15) is 21.6 Å². The number of benzene rings is 2. The minimum absolute atomic E-state index is 0.229. The number of carbonyl (C=O) groups is 1. The van der Waals surface area contributed by atoms with Crippen LogP contribution in [0.5, 0.6) is 0 Å². The summed E-state index contributed by atoms with van der Waals surface area (Å²) in [5, 5.41) is 6.89. The Morgan fingerprint density at radius 1 is 0.935 bits per heavy atom. The highest BCUT2D eigenvalue weighted by Crippen LogP contribution is 2.27. The molecule has 1 N–H and O–H groups in total. The van der Waals surface area contributed by atoms with Crippen molar-refractivity contribution in [2.75, 3.05) is 5.32 Å². The smallest absolute Gasteiger partial charge is 0.277 e. The second-order valence-corrected chi connectivity index (χ2v) is 7.47. The van der Waals surface area contributed by atoms with E-state index in [1.807, 2.05) is 91.3 Å². The minimum Gasteiger partial charge on any atom is -0.355 e. The van der Waals surface area contributed by atoms with E-state index in [-0.39, 0.29) is 11.6 Å². The van der Waals surface area contributed by atoms with Crippen molar-refractivity contribution in [3.05, 3.63) is 95.9 Å². The van der Waals surface area contributed by atoms with Gasteiger partial charge in [-0.3, -0.25) is 4.79 Å². The van der Waals surface area contributed by atoms with Crippen molar-refractivity contribution in [3.63, 3.8) is 0 Å². The summed E-state index contributed by atoms with van der Waals surface area (Å²) in [4.78, 5) is 17.5. The number of pyridine rings is 1. The molecule has 31 heavy (non-hydrogen) atoms. The molecule has 0 aliphatic heterocycles. The third kappa shape index (κ3) is 3.59. The number of aryl methyl sites for hydroxylation is 2. The Labute approximate surface area is 179 Å². The Morgan fingerprint density at radius 2 is 1.77 bits per heavy atom. The van der Waals surface area contributed by atoms with Crippen LogP contribution in [0.3, 0.4) is 0 Å². The third-order valence-corrected chi connectivity index (χ3v) is 5.26. The lowest BCUT2D eigenvalue weighted by atomic mass is 10.1. The number of aromatic nitrogens is 3. The first-order valence-corrected chi connectivity index (χ1v) is 9.97. The standard InChI is InChI=1S/C25H20N4O2/c1-16-10-11-19(22-15-29-12-6-7-17(2)24(29)26-22)13-20(16)27-25(30)21-14-23(31-28-21)18-8-4-3-5-9-18/h3-15H,1-2H3,(H,27,30). The molecule has 0 fully saturated rings. The third-order valence-electron chi connectivity index (χ3n) is 5.26. The van der Waals surface area contributed by atoms with E-state index < -0.39 is 0 Å². The van der Waals surface area contributed by atoms with Crippen molar-refractivity contribution in [1.82, 2.24) is 14.5 Å². The van der Waals surface area contributed by atoms with E-state index in [0.29, 0.717) is 11.4 Å². The average molecular weight is 408 g/mol.